The van der Waals surface area contributed by atoms with Crippen molar-refractivity contribution in [2.24, 2.45) is 0 Å². The summed E-state index contributed by atoms with van der Waals surface area (Å²) in [4.78, 5) is 10.9. The summed E-state index contributed by atoms with van der Waals surface area (Å²) in [7, 11) is 0. The predicted octanol–water partition coefficient (Wildman–Crippen LogP) is 3.40. The van der Waals surface area contributed by atoms with Gasteiger partial charge in [-0.1, -0.05) is 17.7 Å². The number of carbonyl (C=O) groups excluding carboxylic acids is 1. The number of halogens is 2. The van der Waals surface area contributed by atoms with E-state index in [0.29, 0.717) is 17.5 Å². The Bertz CT molecular complexity index is 350. The van der Waals surface area contributed by atoms with Crippen molar-refractivity contribution in [3.05, 3.63) is 28.8 Å². The minimum absolute atomic E-state index is 0.300. The van der Waals surface area contributed by atoms with Crippen LogP contribution in [0.3, 0.4) is 0 Å². The molecule has 15 heavy (non-hydrogen) atoms. The second-order valence-electron chi connectivity index (χ2n) is 3.27. The predicted molar refractivity (Wildman–Crippen MR) is 61.6 cm³/mol. The molecule has 0 amide bonds. The van der Waals surface area contributed by atoms with E-state index in [0.717, 1.165) is 16.7 Å². The Labute approximate surface area is 99.1 Å². The molecule has 0 unspecified atom stereocenters. The lowest BCUT2D eigenvalue weighted by Crippen LogP contribution is -2.06. The summed E-state index contributed by atoms with van der Waals surface area (Å²) in [6.07, 6.45) is 0. The minimum Gasteiger partial charge on any atom is -0.426 e. The Morgan fingerprint density at radius 1 is 1.27 bits per heavy atom. The molecule has 0 saturated heterocycles. The molecule has 1 aromatic rings. The Hall–Kier alpha value is -0.730. The zero-order chi connectivity index (χ0) is 11.4. The monoisotopic (exact) mass is 246 g/mol. The standard InChI is InChI=1S/C11H12Cl2O2/c1-7-3-9(5-12)11(15-8(2)14)10(4-7)6-13/h3-4H,5-6H2,1-2H3. The topological polar surface area (TPSA) is 26.3 Å². The molecule has 4 heteroatoms. The molecule has 0 saturated carbocycles. The first-order valence-corrected chi connectivity index (χ1v) is 5.58. The second kappa shape index (κ2) is 5.38. The van der Waals surface area contributed by atoms with Gasteiger partial charge in [0.1, 0.15) is 5.75 Å². The molecule has 0 spiro atoms. The van der Waals surface area contributed by atoms with Crippen LogP contribution in [0.5, 0.6) is 5.75 Å². The largest absolute Gasteiger partial charge is 0.426 e. The fourth-order valence-corrected chi connectivity index (χ4v) is 1.80. The third kappa shape index (κ3) is 3.11. The van der Waals surface area contributed by atoms with Crippen LogP contribution in [-0.4, -0.2) is 5.97 Å². The highest BCUT2D eigenvalue weighted by atomic mass is 35.5. The van der Waals surface area contributed by atoms with Gasteiger partial charge in [-0.3, -0.25) is 4.79 Å². The van der Waals surface area contributed by atoms with E-state index < -0.39 is 0 Å². The highest BCUT2D eigenvalue weighted by Crippen LogP contribution is 2.28. The molecular formula is C11H12Cl2O2. The molecule has 0 radical (unpaired) electrons. The molecule has 0 aliphatic heterocycles. The van der Waals surface area contributed by atoms with Gasteiger partial charge >= 0.3 is 5.97 Å². The van der Waals surface area contributed by atoms with Crippen molar-refractivity contribution >= 4 is 29.2 Å². The van der Waals surface area contributed by atoms with Gasteiger partial charge in [0.2, 0.25) is 0 Å². The Morgan fingerprint density at radius 3 is 2.07 bits per heavy atom. The van der Waals surface area contributed by atoms with Gasteiger partial charge in [0.15, 0.2) is 0 Å². The molecule has 1 aromatic carbocycles. The molecular weight excluding hydrogens is 235 g/mol. The van der Waals surface area contributed by atoms with Crippen LogP contribution in [0.1, 0.15) is 23.6 Å². The fourth-order valence-electron chi connectivity index (χ4n) is 1.40. The molecule has 0 fully saturated rings. The third-order valence-corrected chi connectivity index (χ3v) is 2.50. The van der Waals surface area contributed by atoms with Crippen molar-refractivity contribution in [2.45, 2.75) is 25.6 Å². The SMILES string of the molecule is CC(=O)Oc1c(CCl)cc(C)cc1CCl. The van der Waals surface area contributed by atoms with Gasteiger partial charge in [0, 0.05) is 18.1 Å². The number of ether oxygens (including phenoxy) is 1. The number of carbonyl (C=O) groups is 1. The number of esters is 1. The lowest BCUT2D eigenvalue weighted by Gasteiger charge is -2.12. The van der Waals surface area contributed by atoms with Crippen LogP contribution in [0.4, 0.5) is 0 Å². The molecule has 0 bridgehead atoms. The van der Waals surface area contributed by atoms with Gasteiger partial charge in [-0.05, 0) is 6.92 Å². The molecule has 0 aliphatic carbocycles. The lowest BCUT2D eigenvalue weighted by atomic mass is 10.1. The van der Waals surface area contributed by atoms with Crippen LogP contribution in [0.25, 0.3) is 0 Å². The van der Waals surface area contributed by atoms with Gasteiger partial charge in [-0.15, -0.1) is 23.2 Å². The van der Waals surface area contributed by atoms with Crippen molar-refractivity contribution in [3.63, 3.8) is 0 Å². The van der Waals surface area contributed by atoms with Gasteiger partial charge in [-0.2, -0.15) is 0 Å². The smallest absolute Gasteiger partial charge is 0.308 e. The highest BCUT2D eigenvalue weighted by Gasteiger charge is 2.11. The third-order valence-electron chi connectivity index (χ3n) is 1.92. The second-order valence-corrected chi connectivity index (χ2v) is 3.81. The van der Waals surface area contributed by atoms with Crippen LogP contribution in [0, 0.1) is 6.92 Å². The highest BCUT2D eigenvalue weighted by molar-refractivity contribution is 6.18. The maximum absolute atomic E-state index is 10.9. The number of hydrogen-bond acceptors (Lipinski definition) is 2. The van der Waals surface area contributed by atoms with E-state index in [4.69, 9.17) is 27.9 Å². The van der Waals surface area contributed by atoms with Gasteiger partial charge in [-0.25, -0.2) is 0 Å². The van der Waals surface area contributed by atoms with Gasteiger partial charge in [0.05, 0.1) is 11.8 Å². The maximum Gasteiger partial charge on any atom is 0.308 e. The van der Waals surface area contributed by atoms with Crippen molar-refractivity contribution < 1.29 is 9.53 Å². The van der Waals surface area contributed by atoms with E-state index in [2.05, 4.69) is 0 Å². The summed E-state index contributed by atoms with van der Waals surface area (Å²) in [5.41, 5.74) is 2.64. The number of benzene rings is 1. The molecule has 0 atom stereocenters. The maximum atomic E-state index is 10.9. The Morgan fingerprint density at radius 2 is 1.73 bits per heavy atom. The van der Waals surface area contributed by atoms with E-state index in [-0.39, 0.29) is 5.97 Å². The molecule has 82 valence electrons. The lowest BCUT2D eigenvalue weighted by molar-refractivity contribution is -0.131. The minimum atomic E-state index is -0.364. The average molecular weight is 247 g/mol. The molecule has 2 nitrogen and oxygen atoms in total. The van der Waals surface area contributed by atoms with E-state index in [1.165, 1.54) is 6.92 Å². The van der Waals surface area contributed by atoms with Gasteiger partial charge < -0.3 is 4.74 Å². The average Bonchev–Trinajstić information content (AvgIpc) is 2.19. The number of hydrogen-bond donors (Lipinski definition) is 0. The quantitative estimate of drug-likeness (QED) is 0.465. The summed E-state index contributed by atoms with van der Waals surface area (Å²) in [6, 6.07) is 3.78. The van der Waals surface area contributed by atoms with Crippen LogP contribution in [0.15, 0.2) is 12.1 Å². The summed E-state index contributed by atoms with van der Waals surface area (Å²) in [6.45, 7) is 3.31. The first-order valence-electron chi connectivity index (χ1n) is 4.51. The number of aryl methyl sites for hydroxylation is 1. The van der Waals surface area contributed by atoms with Crippen LogP contribution < -0.4 is 4.74 Å². The zero-order valence-electron chi connectivity index (χ0n) is 8.64. The summed E-state index contributed by atoms with van der Waals surface area (Å²) in [5.74, 6) is 0.734. The van der Waals surface area contributed by atoms with Crippen molar-refractivity contribution in [1.82, 2.24) is 0 Å². The molecule has 0 N–H and O–H groups in total. The van der Waals surface area contributed by atoms with Gasteiger partial charge in [0.25, 0.3) is 0 Å². The normalized spacial score (nSPS) is 10.1. The fraction of sp³-hybridized carbons (Fsp3) is 0.364. The molecule has 0 aliphatic rings. The van der Waals surface area contributed by atoms with Crippen LogP contribution in [-0.2, 0) is 16.6 Å². The molecule has 0 heterocycles. The van der Waals surface area contributed by atoms with Crippen molar-refractivity contribution in [1.29, 1.82) is 0 Å². The van der Waals surface area contributed by atoms with Crippen LogP contribution >= 0.6 is 23.2 Å². The van der Waals surface area contributed by atoms with E-state index >= 15 is 0 Å². The summed E-state index contributed by atoms with van der Waals surface area (Å²) < 4.78 is 5.11. The van der Waals surface area contributed by atoms with E-state index in [1.54, 1.807) is 0 Å². The van der Waals surface area contributed by atoms with E-state index in [9.17, 15) is 4.79 Å². The Kier molecular flexibility index (Phi) is 4.43. The van der Waals surface area contributed by atoms with Crippen molar-refractivity contribution in [3.8, 4) is 5.75 Å². The first kappa shape index (κ1) is 12.3. The number of alkyl halides is 2. The molecule has 0 aromatic heterocycles. The summed E-state index contributed by atoms with van der Waals surface area (Å²) in [5, 5.41) is 0. The van der Waals surface area contributed by atoms with Crippen LogP contribution in [0.2, 0.25) is 0 Å². The van der Waals surface area contributed by atoms with E-state index in [1.807, 2.05) is 19.1 Å². The van der Waals surface area contributed by atoms with Crippen molar-refractivity contribution in [2.75, 3.05) is 0 Å². The zero-order valence-corrected chi connectivity index (χ0v) is 10.2. The molecule has 1 rings (SSSR count). The Balaban J connectivity index is 3.23. The summed E-state index contributed by atoms with van der Waals surface area (Å²) >= 11 is 11.6. The first-order chi connectivity index (χ1) is 7.08. The number of rotatable bonds is 3.